The highest BCUT2D eigenvalue weighted by Crippen LogP contribution is 2.31. The Morgan fingerprint density at radius 2 is 2.00 bits per heavy atom. The van der Waals surface area contributed by atoms with Gasteiger partial charge < -0.3 is 10.2 Å². The van der Waals surface area contributed by atoms with Crippen molar-refractivity contribution in [3.05, 3.63) is 33.9 Å². The molecule has 6 nitrogen and oxygen atoms in total. The van der Waals surface area contributed by atoms with Gasteiger partial charge >= 0.3 is 0 Å². The molecule has 0 unspecified atom stereocenters. The largest absolute Gasteiger partial charge is 0.338 e. The Bertz CT molecular complexity index is 587. The van der Waals surface area contributed by atoms with E-state index in [1.165, 1.54) is 17.8 Å². The lowest BCUT2D eigenvalue weighted by atomic mass is 10.0. The molecule has 1 aromatic carbocycles. The molecule has 0 spiro atoms. The Labute approximate surface area is 139 Å². The van der Waals surface area contributed by atoms with E-state index < -0.39 is 4.92 Å². The number of likely N-dealkylation sites (tertiary alicyclic amines) is 1. The molecule has 2 heterocycles. The summed E-state index contributed by atoms with van der Waals surface area (Å²) >= 11 is 1.32. The number of carbonyl (C=O) groups excluding carboxylic acids is 1. The fourth-order valence-corrected chi connectivity index (χ4v) is 3.72. The van der Waals surface area contributed by atoms with Crippen LogP contribution >= 0.6 is 24.2 Å². The molecule has 22 heavy (non-hydrogen) atoms. The van der Waals surface area contributed by atoms with E-state index in [0.29, 0.717) is 22.3 Å². The zero-order chi connectivity index (χ0) is 15.0. The van der Waals surface area contributed by atoms with Crippen molar-refractivity contribution in [1.82, 2.24) is 10.2 Å². The van der Waals surface area contributed by atoms with Gasteiger partial charge in [-0.2, -0.15) is 0 Å². The van der Waals surface area contributed by atoms with E-state index >= 15 is 0 Å². The summed E-state index contributed by atoms with van der Waals surface area (Å²) in [6.45, 7) is 3.41. The van der Waals surface area contributed by atoms with E-state index in [0.717, 1.165) is 26.2 Å². The summed E-state index contributed by atoms with van der Waals surface area (Å²) in [5.41, 5.74) is 0.418. The van der Waals surface area contributed by atoms with Crippen LogP contribution in [0, 0.1) is 22.0 Å². The van der Waals surface area contributed by atoms with Crippen LogP contribution in [0.4, 0.5) is 5.69 Å². The maximum absolute atomic E-state index is 12.5. The first-order valence-electron chi connectivity index (χ1n) is 6.92. The van der Waals surface area contributed by atoms with Gasteiger partial charge in [0, 0.05) is 37.8 Å². The topological polar surface area (TPSA) is 75.5 Å². The van der Waals surface area contributed by atoms with Gasteiger partial charge in [-0.1, -0.05) is 0 Å². The average molecular weight is 344 g/mol. The molecule has 0 radical (unpaired) electrons. The van der Waals surface area contributed by atoms with Crippen LogP contribution in [0.1, 0.15) is 10.4 Å². The third kappa shape index (κ3) is 3.06. The van der Waals surface area contributed by atoms with Crippen LogP contribution in [0.25, 0.3) is 0 Å². The number of halogens is 1. The second kappa shape index (κ2) is 6.85. The van der Waals surface area contributed by atoms with Gasteiger partial charge in [-0.05, 0) is 30.2 Å². The van der Waals surface area contributed by atoms with Gasteiger partial charge in [0.25, 0.3) is 11.6 Å². The highest BCUT2D eigenvalue weighted by molar-refractivity contribution is 7.98. The molecule has 1 N–H and O–H groups in total. The maximum atomic E-state index is 12.5. The Hall–Kier alpha value is -1.31. The van der Waals surface area contributed by atoms with Crippen LogP contribution in [0.2, 0.25) is 0 Å². The number of hydrogen-bond acceptors (Lipinski definition) is 5. The first kappa shape index (κ1) is 17.1. The van der Waals surface area contributed by atoms with E-state index in [4.69, 9.17) is 0 Å². The summed E-state index contributed by atoms with van der Waals surface area (Å²) in [6, 6.07) is 4.75. The minimum Gasteiger partial charge on any atom is -0.338 e. The van der Waals surface area contributed by atoms with Crippen molar-refractivity contribution >= 4 is 35.8 Å². The molecule has 2 atom stereocenters. The quantitative estimate of drug-likeness (QED) is 0.516. The lowest BCUT2D eigenvalue weighted by Crippen LogP contribution is -2.31. The van der Waals surface area contributed by atoms with Gasteiger partial charge in [-0.15, -0.1) is 24.2 Å². The number of hydrogen-bond donors (Lipinski definition) is 1. The molecule has 2 aliphatic heterocycles. The predicted octanol–water partition coefficient (Wildman–Crippen LogP) is 2.03. The predicted molar refractivity (Wildman–Crippen MR) is 87.9 cm³/mol. The molecular formula is C14H18ClN3O3S. The number of rotatable bonds is 3. The van der Waals surface area contributed by atoms with Gasteiger partial charge in [0.05, 0.1) is 9.82 Å². The monoisotopic (exact) mass is 343 g/mol. The number of nitrogens with zero attached hydrogens (tertiary/aromatic N) is 2. The van der Waals surface area contributed by atoms with Gasteiger partial charge in [0.1, 0.15) is 0 Å². The minimum absolute atomic E-state index is 0. The minimum atomic E-state index is -0.425. The summed E-state index contributed by atoms with van der Waals surface area (Å²) in [4.78, 5) is 25.6. The number of fused-ring (bicyclic) bond motifs is 1. The Balaban J connectivity index is 0.00000176. The highest BCUT2D eigenvalue weighted by atomic mass is 35.5. The Kier molecular flexibility index (Phi) is 5.31. The smallest absolute Gasteiger partial charge is 0.283 e. The fourth-order valence-electron chi connectivity index (χ4n) is 3.17. The van der Waals surface area contributed by atoms with Crippen LogP contribution in [-0.2, 0) is 0 Å². The zero-order valence-corrected chi connectivity index (χ0v) is 13.8. The number of nitrogens with one attached hydrogen (secondary N) is 1. The summed E-state index contributed by atoms with van der Waals surface area (Å²) < 4.78 is 0. The molecule has 0 saturated carbocycles. The van der Waals surface area contributed by atoms with E-state index in [1.54, 1.807) is 18.4 Å². The molecule has 0 aromatic heterocycles. The maximum Gasteiger partial charge on any atom is 0.283 e. The van der Waals surface area contributed by atoms with Gasteiger partial charge in [-0.25, -0.2) is 0 Å². The summed E-state index contributed by atoms with van der Waals surface area (Å²) in [5, 5.41) is 14.4. The number of thioether (sulfide) groups is 1. The van der Waals surface area contributed by atoms with Crippen LogP contribution in [0.15, 0.2) is 23.1 Å². The number of amides is 1. The molecular weight excluding hydrogens is 326 g/mol. The SMILES string of the molecule is CSc1ccc(C(=O)N2C[C@H]3CNC[C@H]3C2)cc1[N+](=O)[O-].Cl. The molecule has 1 amide bonds. The number of nitro benzene ring substituents is 1. The lowest BCUT2D eigenvalue weighted by molar-refractivity contribution is -0.387. The molecule has 0 aliphatic carbocycles. The zero-order valence-electron chi connectivity index (χ0n) is 12.2. The standard InChI is InChI=1S/C14H17N3O3S.ClH/c1-21-13-3-2-9(4-12(13)17(19)20)14(18)16-7-10-5-15-6-11(10)8-16;/h2-4,10-11,15H,5-8H2,1H3;1H/t10-,11+;. The van der Waals surface area contributed by atoms with Crippen LogP contribution in [0.5, 0.6) is 0 Å². The summed E-state index contributed by atoms with van der Waals surface area (Å²) in [6.07, 6.45) is 1.79. The molecule has 2 saturated heterocycles. The van der Waals surface area contributed by atoms with E-state index in [2.05, 4.69) is 5.32 Å². The number of nitro groups is 1. The number of carbonyl (C=O) groups is 1. The summed E-state index contributed by atoms with van der Waals surface area (Å²) in [7, 11) is 0. The highest BCUT2D eigenvalue weighted by Gasteiger charge is 2.38. The second-order valence-electron chi connectivity index (χ2n) is 5.53. The van der Waals surface area contributed by atoms with Crippen molar-refractivity contribution in [1.29, 1.82) is 0 Å². The van der Waals surface area contributed by atoms with E-state index in [9.17, 15) is 14.9 Å². The van der Waals surface area contributed by atoms with Gasteiger partial charge in [0.2, 0.25) is 0 Å². The molecule has 0 bridgehead atoms. The van der Waals surface area contributed by atoms with Crippen molar-refractivity contribution in [2.45, 2.75) is 4.90 Å². The van der Waals surface area contributed by atoms with Crippen molar-refractivity contribution in [2.75, 3.05) is 32.4 Å². The molecule has 2 aliphatic rings. The fraction of sp³-hybridized carbons (Fsp3) is 0.500. The molecule has 1 aromatic rings. The summed E-state index contributed by atoms with van der Waals surface area (Å²) in [5.74, 6) is 0.948. The molecule has 2 fully saturated rings. The molecule has 3 rings (SSSR count). The number of benzene rings is 1. The van der Waals surface area contributed by atoms with Crippen molar-refractivity contribution < 1.29 is 9.72 Å². The van der Waals surface area contributed by atoms with E-state index in [-0.39, 0.29) is 24.0 Å². The van der Waals surface area contributed by atoms with Crippen molar-refractivity contribution in [3.8, 4) is 0 Å². The van der Waals surface area contributed by atoms with Crippen LogP contribution in [-0.4, -0.2) is 48.2 Å². The lowest BCUT2D eigenvalue weighted by Gasteiger charge is -2.17. The first-order valence-corrected chi connectivity index (χ1v) is 8.15. The third-order valence-corrected chi connectivity index (χ3v) is 5.08. The first-order chi connectivity index (χ1) is 10.1. The Morgan fingerprint density at radius 3 is 2.55 bits per heavy atom. The average Bonchev–Trinajstić information content (AvgIpc) is 3.06. The van der Waals surface area contributed by atoms with Crippen LogP contribution in [0.3, 0.4) is 0 Å². The van der Waals surface area contributed by atoms with Crippen molar-refractivity contribution in [3.63, 3.8) is 0 Å². The van der Waals surface area contributed by atoms with Gasteiger partial charge in [-0.3, -0.25) is 14.9 Å². The van der Waals surface area contributed by atoms with Crippen LogP contribution < -0.4 is 5.32 Å². The Morgan fingerprint density at radius 1 is 1.36 bits per heavy atom. The second-order valence-corrected chi connectivity index (χ2v) is 6.38. The molecule has 120 valence electrons. The van der Waals surface area contributed by atoms with Crippen molar-refractivity contribution in [2.24, 2.45) is 11.8 Å². The normalized spacial score (nSPS) is 23.0. The molecule has 8 heteroatoms. The third-order valence-electron chi connectivity index (χ3n) is 4.30. The van der Waals surface area contributed by atoms with E-state index in [1.807, 2.05) is 4.90 Å². The van der Waals surface area contributed by atoms with Gasteiger partial charge in [0.15, 0.2) is 0 Å².